The molecular weight excluding hydrogens is 518 g/mol. The molecule has 4 rings (SSSR count). The van der Waals surface area contributed by atoms with Crippen molar-refractivity contribution < 1.29 is 28.6 Å². The molecule has 214 valence electrons. The summed E-state index contributed by atoms with van der Waals surface area (Å²) in [5, 5.41) is 0. The van der Waals surface area contributed by atoms with Crippen molar-refractivity contribution in [2.75, 3.05) is 0 Å². The maximum Gasteiger partial charge on any atom is 0.336 e. The van der Waals surface area contributed by atoms with Gasteiger partial charge in [0, 0.05) is 12.2 Å². The van der Waals surface area contributed by atoms with E-state index in [2.05, 4.69) is 0 Å². The van der Waals surface area contributed by atoms with E-state index in [1.807, 2.05) is 117 Å². The second kappa shape index (κ2) is 13.8. The molecule has 0 aromatic heterocycles. The molecule has 7 nitrogen and oxygen atoms in total. The summed E-state index contributed by atoms with van der Waals surface area (Å²) in [5.74, 6) is -1.52. The van der Waals surface area contributed by atoms with Crippen molar-refractivity contribution in [2.24, 2.45) is 0 Å². The maximum absolute atomic E-state index is 13.6. The fourth-order valence-electron chi connectivity index (χ4n) is 4.72. The molecule has 7 heteroatoms. The summed E-state index contributed by atoms with van der Waals surface area (Å²) in [4.78, 5) is 41.8. The summed E-state index contributed by atoms with van der Waals surface area (Å²) in [5.41, 5.74) is 2.76. The fraction of sp³-hybridized carbons (Fsp3) is 0.324. The molecular formula is C34H37NO6. The van der Waals surface area contributed by atoms with Crippen LogP contribution in [0.5, 0.6) is 0 Å². The molecule has 1 aliphatic rings. The first-order chi connectivity index (χ1) is 19.7. The number of hydrogen-bond donors (Lipinski definition) is 0. The van der Waals surface area contributed by atoms with Gasteiger partial charge in [0.25, 0.3) is 0 Å². The van der Waals surface area contributed by atoms with Gasteiger partial charge in [0.1, 0.15) is 24.9 Å². The van der Waals surface area contributed by atoms with Crippen molar-refractivity contribution in [1.29, 1.82) is 0 Å². The molecule has 3 aromatic rings. The number of carbonyl (C=O) groups excluding carboxylic acids is 3. The molecule has 0 N–H and O–H groups in total. The molecule has 1 fully saturated rings. The minimum absolute atomic E-state index is 0.0592. The Labute approximate surface area is 241 Å². The molecule has 1 heterocycles. The van der Waals surface area contributed by atoms with Crippen molar-refractivity contribution in [1.82, 2.24) is 4.90 Å². The molecule has 41 heavy (non-hydrogen) atoms. The Hall–Kier alpha value is -4.39. The largest absolute Gasteiger partial charge is 0.461 e. The topological polar surface area (TPSA) is 82.1 Å². The summed E-state index contributed by atoms with van der Waals surface area (Å²) in [7, 11) is 0. The number of benzene rings is 3. The Morgan fingerprint density at radius 3 is 1.80 bits per heavy atom. The number of hydrogen-bond acceptors (Lipinski definition) is 7. The number of carbonyl (C=O) groups is 3. The molecule has 0 unspecified atom stereocenters. The van der Waals surface area contributed by atoms with Crippen LogP contribution < -0.4 is 0 Å². The Kier molecular flexibility index (Phi) is 9.95. The highest BCUT2D eigenvalue weighted by Crippen LogP contribution is 2.35. The molecule has 0 aliphatic carbocycles. The first kappa shape index (κ1) is 29.6. The summed E-state index contributed by atoms with van der Waals surface area (Å²) >= 11 is 0. The quantitative estimate of drug-likeness (QED) is 0.169. The Balaban J connectivity index is 1.64. The SMILES string of the molecule is CC(C)(C)OC(=O)[C@@H]1CC/C(=C(/CC(=O)OCc2ccccc2)C(=O)OCc2ccccc2)N1Cc1ccccc1. The van der Waals surface area contributed by atoms with Crippen molar-refractivity contribution in [2.45, 2.75) is 71.4 Å². The summed E-state index contributed by atoms with van der Waals surface area (Å²) < 4.78 is 17.0. The van der Waals surface area contributed by atoms with Gasteiger partial charge in [0.2, 0.25) is 0 Å². The van der Waals surface area contributed by atoms with Crippen LogP contribution in [0.1, 0.15) is 56.7 Å². The minimum Gasteiger partial charge on any atom is -0.461 e. The fourth-order valence-corrected chi connectivity index (χ4v) is 4.72. The smallest absolute Gasteiger partial charge is 0.336 e. The monoisotopic (exact) mass is 555 g/mol. The predicted octanol–water partition coefficient (Wildman–Crippen LogP) is 6.12. The second-order valence-electron chi connectivity index (χ2n) is 11.0. The zero-order valence-corrected chi connectivity index (χ0v) is 23.9. The van der Waals surface area contributed by atoms with Gasteiger partial charge in [-0.3, -0.25) is 4.79 Å². The lowest BCUT2D eigenvalue weighted by molar-refractivity contribution is -0.160. The molecule has 0 bridgehead atoms. The van der Waals surface area contributed by atoms with E-state index in [-0.39, 0.29) is 31.2 Å². The third-order valence-corrected chi connectivity index (χ3v) is 6.62. The van der Waals surface area contributed by atoms with Crippen LogP contribution in [0.25, 0.3) is 0 Å². The van der Waals surface area contributed by atoms with Crippen LogP contribution in [0.3, 0.4) is 0 Å². The number of nitrogens with zero attached hydrogens (tertiary/aromatic N) is 1. The number of likely N-dealkylation sites (tertiary alicyclic amines) is 1. The molecule has 0 amide bonds. The molecule has 1 saturated heterocycles. The van der Waals surface area contributed by atoms with Crippen LogP contribution in [0, 0.1) is 0 Å². The highest BCUT2D eigenvalue weighted by Gasteiger charge is 2.39. The normalized spacial score (nSPS) is 16.2. The van der Waals surface area contributed by atoms with Gasteiger partial charge < -0.3 is 19.1 Å². The highest BCUT2D eigenvalue weighted by molar-refractivity contribution is 5.95. The van der Waals surface area contributed by atoms with Crippen LogP contribution in [0.2, 0.25) is 0 Å². The maximum atomic E-state index is 13.6. The molecule has 1 atom stereocenters. The van der Waals surface area contributed by atoms with Crippen molar-refractivity contribution in [3.8, 4) is 0 Å². The Bertz CT molecular complexity index is 1350. The Morgan fingerprint density at radius 2 is 1.27 bits per heavy atom. The third-order valence-electron chi connectivity index (χ3n) is 6.62. The standard InChI is InChI=1S/C34H37NO6/c1-34(2,3)41-33(38)30-20-19-29(35(30)22-25-13-7-4-8-14-25)28(32(37)40-24-27-17-11-6-12-18-27)21-31(36)39-23-26-15-9-5-10-16-26/h4-18,30H,19-24H2,1-3H3/b29-28+/t30-/m0/s1. The van der Waals surface area contributed by atoms with Crippen LogP contribution in [0.4, 0.5) is 0 Å². The van der Waals surface area contributed by atoms with Gasteiger partial charge in [0.15, 0.2) is 0 Å². The number of ether oxygens (including phenoxy) is 3. The van der Waals surface area contributed by atoms with Crippen molar-refractivity contribution in [3.63, 3.8) is 0 Å². The average Bonchev–Trinajstić information content (AvgIpc) is 3.37. The van der Waals surface area contributed by atoms with Crippen LogP contribution in [0.15, 0.2) is 102 Å². The average molecular weight is 556 g/mol. The van der Waals surface area contributed by atoms with Crippen LogP contribution in [-0.2, 0) is 48.4 Å². The molecule has 3 aromatic carbocycles. The molecule has 0 radical (unpaired) electrons. The molecule has 1 aliphatic heterocycles. The third kappa shape index (κ3) is 8.80. The van der Waals surface area contributed by atoms with E-state index in [1.54, 1.807) is 0 Å². The zero-order valence-electron chi connectivity index (χ0n) is 23.9. The van der Waals surface area contributed by atoms with Crippen molar-refractivity contribution in [3.05, 3.63) is 119 Å². The van der Waals surface area contributed by atoms with E-state index in [9.17, 15) is 14.4 Å². The van der Waals surface area contributed by atoms with Gasteiger partial charge in [-0.15, -0.1) is 0 Å². The van der Waals surface area contributed by atoms with Crippen molar-refractivity contribution >= 4 is 17.9 Å². The lowest BCUT2D eigenvalue weighted by atomic mass is 10.1. The van der Waals surface area contributed by atoms with E-state index in [4.69, 9.17) is 14.2 Å². The lowest BCUT2D eigenvalue weighted by Crippen LogP contribution is -2.40. The van der Waals surface area contributed by atoms with Gasteiger partial charge in [-0.2, -0.15) is 0 Å². The van der Waals surface area contributed by atoms with E-state index in [0.717, 1.165) is 16.7 Å². The lowest BCUT2D eigenvalue weighted by Gasteiger charge is -2.30. The van der Waals surface area contributed by atoms with Gasteiger partial charge >= 0.3 is 17.9 Å². The van der Waals surface area contributed by atoms with E-state index in [0.29, 0.717) is 25.1 Å². The number of rotatable bonds is 10. The number of allylic oxidation sites excluding steroid dienone is 1. The predicted molar refractivity (Wildman–Crippen MR) is 155 cm³/mol. The van der Waals surface area contributed by atoms with E-state index >= 15 is 0 Å². The Morgan fingerprint density at radius 1 is 0.756 bits per heavy atom. The van der Waals surface area contributed by atoms with E-state index in [1.165, 1.54) is 0 Å². The molecule has 0 saturated carbocycles. The van der Waals surface area contributed by atoms with E-state index < -0.39 is 23.6 Å². The second-order valence-corrected chi connectivity index (χ2v) is 11.0. The van der Waals surface area contributed by atoms with Gasteiger partial charge in [0.05, 0.1) is 12.0 Å². The summed E-state index contributed by atoms with van der Waals surface area (Å²) in [6.45, 7) is 6.00. The summed E-state index contributed by atoms with van der Waals surface area (Å²) in [6.07, 6.45) is 0.589. The highest BCUT2D eigenvalue weighted by atomic mass is 16.6. The van der Waals surface area contributed by atoms with Gasteiger partial charge in [-0.1, -0.05) is 91.0 Å². The zero-order chi connectivity index (χ0) is 29.2. The molecule has 0 spiro atoms. The number of esters is 3. The summed E-state index contributed by atoms with van der Waals surface area (Å²) in [6, 6.07) is 27.8. The van der Waals surface area contributed by atoms with Gasteiger partial charge in [-0.25, -0.2) is 9.59 Å². The van der Waals surface area contributed by atoms with Crippen LogP contribution >= 0.6 is 0 Å². The van der Waals surface area contributed by atoms with Gasteiger partial charge in [-0.05, 0) is 50.3 Å². The minimum atomic E-state index is -0.666. The first-order valence-electron chi connectivity index (χ1n) is 13.9. The van der Waals surface area contributed by atoms with Crippen LogP contribution in [-0.4, -0.2) is 34.5 Å². The first-order valence-corrected chi connectivity index (χ1v) is 13.9.